The number of halogens is 3. The lowest BCUT2D eigenvalue weighted by Crippen LogP contribution is -2.27. The highest BCUT2D eigenvalue weighted by atomic mass is 19.4. The molecule has 9 nitrogen and oxygen atoms in total. The molecule has 0 saturated carbocycles. The van der Waals surface area contributed by atoms with Crippen LogP contribution >= 0.6 is 0 Å². The molecule has 0 saturated heterocycles. The monoisotopic (exact) mass is 410 g/mol. The van der Waals surface area contributed by atoms with Crippen LogP contribution in [0, 0.1) is 0 Å². The summed E-state index contributed by atoms with van der Waals surface area (Å²) >= 11 is 0. The number of alkyl halides is 3. The van der Waals surface area contributed by atoms with Crippen molar-refractivity contribution in [1.29, 1.82) is 0 Å². The third-order valence-corrected chi connectivity index (χ3v) is 4.08. The average molecular weight is 410 g/mol. The van der Waals surface area contributed by atoms with E-state index in [1.807, 2.05) is 6.92 Å². The normalized spacial score (nSPS) is 11.6. The molecule has 0 aliphatic heterocycles. The first kappa shape index (κ1) is 20.3. The molecule has 1 aromatic carbocycles. The van der Waals surface area contributed by atoms with Gasteiger partial charge in [0.1, 0.15) is 0 Å². The van der Waals surface area contributed by atoms with Gasteiger partial charge in [0.25, 0.3) is 0 Å². The Balaban J connectivity index is 1.99. The number of esters is 1. The molecule has 3 aromatic rings. The Morgan fingerprint density at radius 2 is 1.90 bits per heavy atom. The lowest BCUT2D eigenvalue weighted by Gasteiger charge is -2.13. The van der Waals surface area contributed by atoms with Crippen molar-refractivity contribution in [2.75, 3.05) is 0 Å². The van der Waals surface area contributed by atoms with Crippen LogP contribution in [0.25, 0.3) is 0 Å². The van der Waals surface area contributed by atoms with Crippen LogP contribution in [0.3, 0.4) is 0 Å². The van der Waals surface area contributed by atoms with Crippen molar-refractivity contribution in [2.45, 2.75) is 32.6 Å². The highest BCUT2D eigenvalue weighted by molar-refractivity contribution is 5.92. The minimum absolute atomic E-state index is 0.0716. The summed E-state index contributed by atoms with van der Waals surface area (Å²) in [6.45, 7) is 1.78. The van der Waals surface area contributed by atoms with E-state index in [-0.39, 0.29) is 23.6 Å². The van der Waals surface area contributed by atoms with Gasteiger partial charge in [-0.15, -0.1) is 0 Å². The molecule has 3 rings (SSSR count). The first-order chi connectivity index (χ1) is 13.7. The smallest absolute Gasteiger partial charge is 0.404 e. The van der Waals surface area contributed by atoms with Crippen molar-refractivity contribution in [3.05, 3.63) is 57.6 Å². The quantitative estimate of drug-likeness (QED) is 0.576. The topological polar surface area (TPSA) is 96.8 Å². The molecule has 154 valence electrons. The van der Waals surface area contributed by atoms with Crippen LogP contribution in [0.2, 0.25) is 0 Å². The molecule has 0 unspecified atom stereocenters. The van der Waals surface area contributed by atoms with Gasteiger partial charge in [0, 0.05) is 19.7 Å². The zero-order chi connectivity index (χ0) is 21.2. The molecular weight excluding hydrogens is 393 g/mol. The maximum atomic E-state index is 13.2. The fourth-order valence-electron chi connectivity index (χ4n) is 2.63. The molecule has 0 atom stereocenters. The molecule has 0 aliphatic rings. The van der Waals surface area contributed by atoms with Gasteiger partial charge in [0.05, 0.1) is 23.9 Å². The van der Waals surface area contributed by atoms with Gasteiger partial charge >= 0.3 is 17.8 Å². The summed E-state index contributed by atoms with van der Waals surface area (Å²) in [7, 11) is 1.54. The van der Waals surface area contributed by atoms with Gasteiger partial charge in [-0.05, 0) is 40.6 Å². The van der Waals surface area contributed by atoms with E-state index < -0.39 is 23.4 Å². The number of hydrogen-bond donors (Lipinski definition) is 0. The van der Waals surface area contributed by atoms with E-state index in [0.717, 1.165) is 27.6 Å². The van der Waals surface area contributed by atoms with Crippen molar-refractivity contribution < 1.29 is 22.7 Å². The van der Waals surface area contributed by atoms with Crippen LogP contribution in [-0.2, 0) is 26.3 Å². The van der Waals surface area contributed by atoms with Crippen molar-refractivity contribution in [2.24, 2.45) is 7.05 Å². The van der Waals surface area contributed by atoms with Gasteiger partial charge in [0.15, 0.2) is 0 Å². The largest absolute Gasteiger partial charge is 0.416 e. The number of rotatable bonds is 6. The highest BCUT2D eigenvalue weighted by Crippen LogP contribution is 2.31. The number of aromatic nitrogens is 6. The Morgan fingerprint density at radius 3 is 2.52 bits per heavy atom. The fourth-order valence-corrected chi connectivity index (χ4v) is 2.63. The lowest BCUT2D eigenvalue weighted by atomic mass is 10.0. The third-order valence-electron chi connectivity index (χ3n) is 4.08. The first-order valence-corrected chi connectivity index (χ1v) is 8.61. The number of carbonyl (C=O) groups is 1. The molecule has 0 spiro atoms. The van der Waals surface area contributed by atoms with E-state index in [1.165, 1.54) is 16.9 Å². The van der Waals surface area contributed by atoms with Crippen LogP contribution in [-0.4, -0.2) is 35.5 Å². The van der Waals surface area contributed by atoms with E-state index in [2.05, 4.69) is 15.5 Å². The summed E-state index contributed by atoms with van der Waals surface area (Å²) in [5.41, 5.74) is -1.75. The second kappa shape index (κ2) is 7.89. The third kappa shape index (κ3) is 4.36. The fraction of sp³-hybridized carbons (Fsp3) is 0.353. The number of hydrogen-bond acceptors (Lipinski definition) is 6. The number of carbonyl (C=O) groups excluding carboxylic acids is 1. The van der Waals surface area contributed by atoms with Crippen molar-refractivity contribution in [3.8, 4) is 5.88 Å². The van der Waals surface area contributed by atoms with Gasteiger partial charge < -0.3 is 4.74 Å². The molecule has 2 heterocycles. The van der Waals surface area contributed by atoms with E-state index in [9.17, 15) is 22.8 Å². The second-order valence-corrected chi connectivity index (χ2v) is 6.19. The minimum atomic E-state index is -4.62. The molecule has 29 heavy (non-hydrogen) atoms. The lowest BCUT2D eigenvalue weighted by molar-refractivity contribution is -0.137. The maximum absolute atomic E-state index is 13.2. The zero-order valence-electron chi connectivity index (χ0n) is 15.5. The summed E-state index contributed by atoms with van der Waals surface area (Å²) in [5, 5.41) is 11.2. The SMILES string of the molecule is CCCn1nnn(Cc2cc(C(F)(F)F)ccc2C(=O)Oc2ccnn2C)c1=O. The summed E-state index contributed by atoms with van der Waals surface area (Å²) in [6.07, 6.45) is -2.59. The van der Waals surface area contributed by atoms with E-state index in [0.29, 0.717) is 13.0 Å². The Labute approximate surface area is 162 Å². The van der Waals surface area contributed by atoms with Gasteiger partial charge in [0.2, 0.25) is 5.88 Å². The Hall–Kier alpha value is -3.44. The van der Waals surface area contributed by atoms with E-state index in [4.69, 9.17) is 4.74 Å². The van der Waals surface area contributed by atoms with Crippen LogP contribution in [0.4, 0.5) is 13.2 Å². The number of ether oxygens (including phenoxy) is 1. The van der Waals surface area contributed by atoms with Crippen LogP contribution in [0.1, 0.15) is 34.8 Å². The Morgan fingerprint density at radius 1 is 1.17 bits per heavy atom. The average Bonchev–Trinajstić information content (AvgIpc) is 3.21. The first-order valence-electron chi connectivity index (χ1n) is 8.61. The minimum Gasteiger partial charge on any atom is -0.404 e. The van der Waals surface area contributed by atoms with Crippen molar-refractivity contribution >= 4 is 5.97 Å². The summed E-state index contributed by atoms with van der Waals surface area (Å²) < 4.78 is 47.9. The van der Waals surface area contributed by atoms with Crippen molar-refractivity contribution in [1.82, 2.24) is 29.6 Å². The summed E-state index contributed by atoms with van der Waals surface area (Å²) in [4.78, 5) is 24.8. The predicted molar refractivity (Wildman–Crippen MR) is 93.3 cm³/mol. The van der Waals surface area contributed by atoms with Crippen LogP contribution in [0.5, 0.6) is 5.88 Å². The molecule has 0 aliphatic carbocycles. The number of nitrogens with zero attached hydrogens (tertiary/aromatic N) is 6. The molecule has 0 N–H and O–H groups in total. The molecule has 0 radical (unpaired) electrons. The molecule has 12 heteroatoms. The molecule has 0 amide bonds. The summed E-state index contributed by atoms with van der Waals surface area (Å²) in [6, 6.07) is 4.02. The molecule has 0 fully saturated rings. The molecule has 2 aromatic heterocycles. The predicted octanol–water partition coefficient (Wildman–Crippen LogP) is 1.87. The van der Waals surface area contributed by atoms with E-state index in [1.54, 1.807) is 7.05 Å². The standard InChI is InChI=1S/C17H17F3N6O3/c1-3-8-25-16(28)26(23-22-25)10-11-9-12(17(18,19)20)4-5-13(11)15(27)29-14-6-7-21-24(14)2/h4-7,9H,3,8,10H2,1-2H3. The number of tetrazole rings is 1. The Bertz CT molecular complexity index is 1080. The van der Waals surface area contributed by atoms with Crippen LogP contribution < -0.4 is 10.4 Å². The van der Waals surface area contributed by atoms with Crippen molar-refractivity contribution in [3.63, 3.8) is 0 Å². The number of aryl methyl sites for hydroxylation is 2. The van der Waals surface area contributed by atoms with Gasteiger partial charge in [-0.1, -0.05) is 6.92 Å². The molecule has 0 bridgehead atoms. The zero-order valence-corrected chi connectivity index (χ0v) is 15.5. The maximum Gasteiger partial charge on any atom is 0.416 e. The van der Waals surface area contributed by atoms with E-state index >= 15 is 0 Å². The number of benzene rings is 1. The second-order valence-electron chi connectivity index (χ2n) is 6.19. The molecular formula is C17H17F3N6O3. The van der Waals surface area contributed by atoms with Gasteiger partial charge in [-0.2, -0.15) is 27.6 Å². The highest BCUT2D eigenvalue weighted by Gasteiger charge is 2.32. The van der Waals surface area contributed by atoms with Gasteiger partial charge in [-0.25, -0.2) is 14.3 Å². The summed E-state index contributed by atoms with van der Waals surface area (Å²) in [5.74, 6) is -0.766. The Kier molecular flexibility index (Phi) is 5.52. The van der Waals surface area contributed by atoms with Gasteiger partial charge in [-0.3, -0.25) is 0 Å². The van der Waals surface area contributed by atoms with Crippen LogP contribution in [0.15, 0.2) is 35.3 Å².